The minimum Gasteiger partial charge on any atom is -0.450 e. The van der Waals surface area contributed by atoms with Gasteiger partial charge in [0, 0.05) is 5.69 Å². The molecule has 21 heavy (non-hydrogen) atoms. The lowest BCUT2D eigenvalue weighted by atomic mass is 10.1. The highest BCUT2D eigenvalue weighted by Crippen LogP contribution is 2.15. The maximum atomic E-state index is 11.7. The zero-order chi connectivity index (χ0) is 15.4. The number of carbonyl (C=O) groups is 2. The van der Waals surface area contributed by atoms with Crippen molar-refractivity contribution in [1.82, 2.24) is 0 Å². The second-order valence-corrected chi connectivity index (χ2v) is 5.31. The standard InChI is InChI=1S/C15H14BrNO4/c1-9-3-4-11(7-10(9)2)17-14(18)8-20-15(19)12-5-6-13(16)21-12/h3-7H,8H2,1-2H3,(H,17,18). The maximum absolute atomic E-state index is 11.7. The second-order valence-electron chi connectivity index (χ2n) is 4.53. The summed E-state index contributed by atoms with van der Waals surface area (Å²) >= 11 is 3.08. The number of ether oxygens (including phenoxy) is 1. The predicted molar refractivity (Wildman–Crippen MR) is 81.2 cm³/mol. The Kier molecular flexibility index (Phi) is 4.80. The van der Waals surface area contributed by atoms with E-state index in [9.17, 15) is 9.59 Å². The monoisotopic (exact) mass is 351 g/mol. The largest absolute Gasteiger partial charge is 0.450 e. The van der Waals surface area contributed by atoms with Crippen molar-refractivity contribution < 1.29 is 18.7 Å². The van der Waals surface area contributed by atoms with Crippen molar-refractivity contribution >= 4 is 33.5 Å². The van der Waals surface area contributed by atoms with Crippen molar-refractivity contribution in [3.05, 3.63) is 51.9 Å². The fourth-order valence-corrected chi connectivity index (χ4v) is 1.95. The van der Waals surface area contributed by atoms with Crippen molar-refractivity contribution in [1.29, 1.82) is 0 Å². The van der Waals surface area contributed by atoms with E-state index in [1.54, 1.807) is 12.1 Å². The first kappa shape index (κ1) is 15.3. The number of esters is 1. The van der Waals surface area contributed by atoms with Crippen LogP contribution < -0.4 is 5.32 Å². The summed E-state index contributed by atoms with van der Waals surface area (Å²) in [5.74, 6) is -1.05. The smallest absolute Gasteiger partial charge is 0.374 e. The quantitative estimate of drug-likeness (QED) is 0.856. The van der Waals surface area contributed by atoms with Gasteiger partial charge in [0.25, 0.3) is 5.91 Å². The number of halogens is 1. The summed E-state index contributed by atoms with van der Waals surface area (Å²) in [5.41, 5.74) is 2.88. The van der Waals surface area contributed by atoms with Gasteiger partial charge >= 0.3 is 5.97 Å². The lowest BCUT2D eigenvalue weighted by molar-refractivity contribution is -0.119. The van der Waals surface area contributed by atoms with E-state index in [2.05, 4.69) is 21.2 Å². The first-order chi connectivity index (χ1) is 9.95. The Bertz CT molecular complexity index is 678. The van der Waals surface area contributed by atoms with Gasteiger partial charge in [0.05, 0.1) is 0 Å². The van der Waals surface area contributed by atoms with Gasteiger partial charge in [0.2, 0.25) is 5.76 Å². The Morgan fingerprint density at radius 1 is 1.19 bits per heavy atom. The number of benzene rings is 1. The summed E-state index contributed by atoms with van der Waals surface area (Å²) in [4.78, 5) is 23.3. The average Bonchev–Trinajstić information content (AvgIpc) is 2.87. The van der Waals surface area contributed by atoms with E-state index in [4.69, 9.17) is 9.15 Å². The van der Waals surface area contributed by atoms with E-state index in [0.717, 1.165) is 11.1 Å². The van der Waals surface area contributed by atoms with Crippen LogP contribution in [-0.2, 0) is 9.53 Å². The zero-order valence-electron chi connectivity index (χ0n) is 11.6. The summed E-state index contributed by atoms with van der Waals surface area (Å²) in [6.45, 7) is 3.58. The van der Waals surface area contributed by atoms with E-state index < -0.39 is 11.9 Å². The molecular formula is C15H14BrNO4. The van der Waals surface area contributed by atoms with Crippen LogP contribution in [0.4, 0.5) is 5.69 Å². The molecule has 1 aromatic heterocycles. The molecule has 1 aromatic carbocycles. The van der Waals surface area contributed by atoms with E-state index in [0.29, 0.717) is 10.4 Å². The van der Waals surface area contributed by atoms with Gasteiger partial charge in [0.1, 0.15) is 0 Å². The number of anilines is 1. The van der Waals surface area contributed by atoms with E-state index >= 15 is 0 Å². The summed E-state index contributed by atoms with van der Waals surface area (Å²) in [7, 11) is 0. The van der Waals surface area contributed by atoms with E-state index in [1.165, 1.54) is 6.07 Å². The molecule has 0 aliphatic heterocycles. The number of hydrogen-bond donors (Lipinski definition) is 1. The molecule has 2 rings (SSSR count). The number of carbonyl (C=O) groups excluding carboxylic acids is 2. The van der Waals surface area contributed by atoms with Gasteiger partial charge in [0.15, 0.2) is 11.3 Å². The number of furan rings is 1. The molecule has 2 aromatic rings. The Balaban J connectivity index is 1.87. The third-order valence-electron chi connectivity index (χ3n) is 2.90. The third kappa shape index (κ3) is 4.19. The topological polar surface area (TPSA) is 68.5 Å². The molecule has 0 spiro atoms. The molecule has 0 saturated heterocycles. The lowest BCUT2D eigenvalue weighted by Gasteiger charge is -2.07. The zero-order valence-corrected chi connectivity index (χ0v) is 13.2. The molecule has 1 heterocycles. The predicted octanol–water partition coefficient (Wildman–Crippen LogP) is 3.45. The number of rotatable bonds is 4. The number of hydrogen-bond acceptors (Lipinski definition) is 4. The Morgan fingerprint density at radius 2 is 1.95 bits per heavy atom. The van der Waals surface area contributed by atoms with Crippen LogP contribution >= 0.6 is 15.9 Å². The van der Waals surface area contributed by atoms with Crippen LogP contribution in [0.25, 0.3) is 0 Å². The first-order valence-corrected chi connectivity index (χ1v) is 7.04. The SMILES string of the molecule is Cc1ccc(NC(=O)COC(=O)c2ccc(Br)o2)cc1C. The van der Waals surface area contributed by atoms with E-state index in [1.807, 2.05) is 26.0 Å². The number of nitrogens with one attached hydrogen (secondary N) is 1. The van der Waals surface area contributed by atoms with E-state index in [-0.39, 0.29) is 12.4 Å². The third-order valence-corrected chi connectivity index (χ3v) is 3.33. The van der Waals surface area contributed by atoms with Crippen molar-refractivity contribution in [2.45, 2.75) is 13.8 Å². The molecular weight excluding hydrogens is 338 g/mol. The highest BCUT2D eigenvalue weighted by molar-refractivity contribution is 9.10. The van der Waals surface area contributed by atoms with Crippen LogP contribution in [0.2, 0.25) is 0 Å². The summed E-state index contributed by atoms with van der Waals surface area (Å²) < 4.78 is 10.3. The molecule has 0 radical (unpaired) electrons. The van der Waals surface area contributed by atoms with Crippen LogP contribution in [-0.4, -0.2) is 18.5 Å². The molecule has 6 heteroatoms. The average molecular weight is 352 g/mol. The normalized spacial score (nSPS) is 10.2. The minimum atomic E-state index is -0.684. The van der Waals surface area contributed by atoms with Crippen LogP contribution in [0.3, 0.4) is 0 Å². The summed E-state index contributed by atoms with van der Waals surface area (Å²) in [5, 5.41) is 2.67. The highest BCUT2D eigenvalue weighted by atomic mass is 79.9. The molecule has 0 aliphatic rings. The molecule has 0 aliphatic carbocycles. The summed E-state index contributed by atoms with van der Waals surface area (Å²) in [6, 6.07) is 8.61. The van der Waals surface area contributed by atoms with Crippen molar-refractivity contribution in [3.63, 3.8) is 0 Å². The fraction of sp³-hybridized carbons (Fsp3) is 0.200. The number of aryl methyl sites for hydroxylation is 2. The number of amides is 1. The molecule has 0 saturated carbocycles. The van der Waals surface area contributed by atoms with Gasteiger partial charge in [-0.25, -0.2) is 4.79 Å². The molecule has 0 fully saturated rings. The Labute approximate surface area is 130 Å². The van der Waals surface area contributed by atoms with Crippen LogP contribution in [0, 0.1) is 13.8 Å². The van der Waals surface area contributed by atoms with Gasteiger partial charge < -0.3 is 14.5 Å². The Hall–Kier alpha value is -2.08. The van der Waals surface area contributed by atoms with Gasteiger partial charge in [-0.05, 0) is 65.2 Å². The fourth-order valence-electron chi connectivity index (χ4n) is 1.64. The molecule has 1 N–H and O–H groups in total. The van der Waals surface area contributed by atoms with Crippen LogP contribution in [0.15, 0.2) is 39.4 Å². The minimum absolute atomic E-state index is 0.0425. The second kappa shape index (κ2) is 6.58. The van der Waals surface area contributed by atoms with Crippen LogP contribution in [0.5, 0.6) is 0 Å². The van der Waals surface area contributed by atoms with Crippen molar-refractivity contribution in [2.24, 2.45) is 0 Å². The molecule has 0 atom stereocenters. The first-order valence-electron chi connectivity index (χ1n) is 6.25. The molecule has 0 bridgehead atoms. The van der Waals surface area contributed by atoms with Gasteiger partial charge in [-0.2, -0.15) is 0 Å². The molecule has 110 valence electrons. The van der Waals surface area contributed by atoms with Crippen LogP contribution in [0.1, 0.15) is 21.7 Å². The molecule has 5 nitrogen and oxygen atoms in total. The maximum Gasteiger partial charge on any atom is 0.374 e. The van der Waals surface area contributed by atoms with Gasteiger partial charge in [-0.1, -0.05) is 6.07 Å². The Morgan fingerprint density at radius 3 is 2.57 bits per heavy atom. The molecule has 1 amide bonds. The lowest BCUT2D eigenvalue weighted by Crippen LogP contribution is -2.20. The van der Waals surface area contributed by atoms with Crippen molar-refractivity contribution in [2.75, 3.05) is 11.9 Å². The highest BCUT2D eigenvalue weighted by Gasteiger charge is 2.14. The summed E-state index contributed by atoms with van der Waals surface area (Å²) in [6.07, 6.45) is 0. The molecule has 0 unspecified atom stereocenters. The van der Waals surface area contributed by atoms with Gasteiger partial charge in [-0.3, -0.25) is 4.79 Å². The van der Waals surface area contributed by atoms with Crippen molar-refractivity contribution in [3.8, 4) is 0 Å². The van der Waals surface area contributed by atoms with Gasteiger partial charge in [-0.15, -0.1) is 0 Å².